The highest BCUT2D eigenvalue weighted by Gasteiger charge is 2.40. The Morgan fingerprint density at radius 2 is 1.95 bits per heavy atom. The zero-order valence-corrected chi connectivity index (χ0v) is 11.1. The second-order valence-corrected chi connectivity index (χ2v) is 5.41. The Balaban J connectivity index is 1.46. The molecule has 1 aromatic carbocycles. The lowest BCUT2D eigenvalue weighted by Crippen LogP contribution is -2.26. The molecule has 0 spiro atoms. The lowest BCUT2D eigenvalue weighted by Gasteiger charge is -2.16. The van der Waals surface area contributed by atoms with Crippen molar-refractivity contribution >= 4 is 17.6 Å². The van der Waals surface area contributed by atoms with Gasteiger partial charge in [-0.15, -0.1) is 0 Å². The number of para-hydroxylation sites is 1. The van der Waals surface area contributed by atoms with Gasteiger partial charge in [0.15, 0.2) is 6.61 Å². The molecule has 1 fully saturated rings. The molecule has 0 radical (unpaired) electrons. The van der Waals surface area contributed by atoms with Gasteiger partial charge < -0.3 is 10.1 Å². The summed E-state index contributed by atoms with van der Waals surface area (Å²) in [7, 11) is 0. The van der Waals surface area contributed by atoms with E-state index in [0.717, 1.165) is 12.8 Å². The van der Waals surface area contributed by atoms with Crippen molar-refractivity contribution in [2.45, 2.75) is 12.8 Å². The first-order valence-electron chi connectivity index (χ1n) is 6.92. The van der Waals surface area contributed by atoms with E-state index in [9.17, 15) is 9.59 Å². The molecular weight excluding hydrogens is 254 g/mol. The SMILES string of the molecule is O=C(COC(=O)[C@@H]1C[C@@H]2C=C[C@H]1C2)Nc1ccccc1. The minimum atomic E-state index is -0.303. The number of anilines is 1. The van der Waals surface area contributed by atoms with E-state index in [1.807, 2.05) is 18.2 Å². The summed E-state index contributed by atoms with van der Waals surface area (Å²) >= 11 is 0. The first-order valence-corrected chi connectivity index (χ1v) is 6.92. The summed E-state index contributed by atoms with van der Waals surface area (Å²) in [6, 6.07) is 9.13. The van der Waals surface area contributed by atoms with Gasteiger partial charge in [-0.2, -0.15) is 0 Å². The molecule has 3 atom stereocenters. The van der Waals surface area contributed by atoms with Crippen molar-refractivity contribution < 1.29 is 14.3 Å². The summed E-state index contributed by atoms with van der Waals surface area (Å²) in [4.78, 5) is 23.6. The molecule has 2 bridgehead atoms. The topological polar surface area (TPSA) is 55.4 Å². The molecule has 0 heterocycles. The Morgan fingerprint density at radius 1 is 1.15 bits per heavy atom. The fourth-order valence-electron chi connectivity index (χ4n) is 3.01. The summed E-state index contributed by atoms with van der Waals surface area (Å²) in [5, 5.41) is 2.69. The van der Waals surface area contributed by atoms with Crippen molar-refractivity contribution in [1.82, 2.24) is 0 Å². The van der Waals surface area contributed by atoms with Crippen LogP contribution >= 0.6 is 0 Å². The summed E-state index contributed by atoms with van der Waals surface area (Å²) in [5.74, 6) is 0.225. The lowest BCUT2D eigenvalue weighted by molar-refractivity contribution is -0.152. The Bertz CT molecular complexity index is 538. The monoisotopic (exact) mass is 271 g/mol. The number of ether oxygens (including phenoxy) is 1. The first-order chi connectivity index (χ1) is 9.72. The average molecular weight is 271 g/mol. The highest BCUT2D eigenvalue weighted by Crippen LogP contribution is 2.43. The second-order valence-electron chi connectivity index (χ2n) is 5.41. The van der Waals surface area contributed by atoms with Gasteiger partial charge in [-0.1, -0.05) is 30.4 Å². The third-order valence-electron chi connectivity index (χ3n) is 3.98. The third kappa shape index (κ3) is 2.74. The van der Waals surface area contributed by atoms with E-state index in [1.54, 1.807) is 12.1 Å². The van der Waals surface area contributed by atoms with Gasteiger partial charge in [0.25, 0.3) is 5.91 Å². The normalized spacial score (nSPS) is 26.5. The number of carbonyl (C=O) groups is 2. The number of hydrogen-bond acceptors (Lipinski definition) is 3. The lowest BCUT2D eigenvalue weighted by atomic mass is 9.94. The van der Waals surface area contributed by atoms with Crippen LogP contribution in [-0.4, -0.2) is 18.5 Å². The number of carbonyl (C=O) groups excluding carboxylic acids is 2. The van der Waals surface area contributed by atoms with E-state index >= 15 is 0 Å². The molecule has 20 heavy (non-hydrogen) atoms. The second kappa shape index (κ2) is 5.49. The molecule has 0 unspecified atom stereocenters. The van der Waals surface area contributed by atoms with Crippen LogP contribution in [0.15, 0.2) is 42.5 Å². The molecule has 1 N–H and O–H groups in total. The molecule has 1 saturated carbocycles. The Kier molecular flexibility index (Phi) is 3.54. The molecule has 1 amide bonds. The number of fused-ring (bicyclic) bond motifs is 2. The van der Waals surface area contributed by atoms with Crippen LogP contribution in [0.2, 0.25) is 0 Å². The predicted octanol–water partition coefficient (Wildman–Crippen LogP) is 2.38. The van der Waals surface area contributed by atoms with Crippen molar-refractivity contribution in [2.75, 3.05) is 11.9 Å². The third-order valence-corrected chi connectivity index (χ3v) is 3.98. The zero-order chi connectivity index (χ0) is 13.9. The molecule has 0 aliphatic heterocycles. The number of benzene rings is 1. The number of allylic oxidation sites excluding steroid dienone is 2. The van der Waals surface area contributed by atoms with E-state index in [2.05, 4.69) is 17.5 Å². The van der Waals surface area contributed by atoms with Gasteiger partial charge in [-0.05, 0) is 36.8 Å². The smallest absolute Gasteiger partial charge is 0.310 e. The van der Waals surface area contributed by atoms with Crippen LogP contribution in [0.1, 0.15) is 12.8 Å². The standard InChI is InChI=1S/C16H17NO3/c18-15(17-13-4-2-1-3-5-13)10-20-16(19)14-9-11-6-7-12(14)8-11/h1-7,11-12,14H,8-10H2,(H,17,18)/t11-,12+,14-/m1/s1. The molecule has 104 valence electrons. The maximum Gasteiger partial charge on any atom is 0.310 e. The zero-order valence-electron chi connectivity index (χ0n) is 11.1. The van der Waals surface area contributed by atoms with Crippen molar-refractivity contribution in [3.8, 4) is 0 Å². The minimum absolute atomic E-state index is 0.0606. The molecule has 4 heteroatoms. The summed E-state index contributed by atoms with van der Waals surface area (Å²) < 4.78 is 5.13. The molecule has 0 aromatic heterocycles. The van der Waals surface area contributed by atoms with Crippen LogP contribution in [0, 0.1) is 17.8 Å². The van der Waals surface area contributed by atoms with E-state index in [4.69, 9.17) is 4.74 Å². The van der Waals surface area contributed by atoms with Gasteiger partial charge in [0.05, 0.1) is 5.92 Å². The number of amides is 1. The van der Waals surface area contributed by atoms with E-state index in [0.29, 0.717) is 17.5 Å². The van der Waals surface area contributed by atoms with Gasteiger partial charge in [-0.25, -0.2) is 0 Å². The van der Waals surface area contributed by atoms with Crippen molar-refractivity contribution in [3.05, 3.63) is 42.5 Å². The minimum Gasteiger partial charge on any atom is -0.455 e. The number of nitrogens with one attached hydrogen (secondary N) is 1. The van der Waals surface area contributed by atoms with Crippen LogP contribution in [0.3, 0.4) is 0 Å². The molecule has 4 nitrogen and oxygen atoms in total. The van der Waals surface area contributed by atoms with Crippen LogP contribution in [0.4, 0.5) is 5.69 Å². The molecule has 2 aliphatic carbocycles. The number of esters is 1. The van der Waals surface area contributed by atoms with E-state index in [-0.39, 0.29) is 24.4 Å². The largest absolute Gasteiger partial charge is 0.455 e. The highest BCUT2D eigenvalue weighted by molar-refractivity contribution is 5.92. The van der Waals surface area contributed by atoms with E-state index in [1.165, 1.54) is 0 Å². The fraction of sp³-hybridized carbons (Fsp3) is 0.375. The van der Waals surface area contributed by atoms with Crippen molar-refractivity contribution in [3.63, 3.8) is 0 Å². The highest BCUT2D eigenvalue weighted by atomic mass is 16.5. The van der Waals surface area contributed by atoms with Crippen molar-refractivity contribution in [1.29, 1.82) is 0 Å². The molecule has 3 rings (SSSR count). The quantitative estimate of drug-likeness (QED) is 0.675. The number of rotatable bonds is 4. The fourth-order valence-corrected chi connectivity index (χ4v) is 3.01. The Hall–Kier alpha value is -2.10. The summed E-state index contributed by atoms with van der Waals surface area (Å²) in [5.41, 5.74) is 0.705. The van der Waals surface area contributed by atoms with Crippen LogP contribution in [0.25, 0.3) is 0 Å². The van der Waals surface area contributed by atoms with Gasteiger partial charge in [-0.3, -0.25) is 9.59 Å². The molecule has 1 aromatic rings. The predicted molar refractivity (Wildman–Crippen MR) is 74.9 cm³/mol. The van der Waals surface area contributed by atoms with Crippen molar-refractivity contribution in [2.24, 2.45) is 17.8 Å². The summed E-state index contributed by atoms with van der Waals surface area (Å²) in [6.45, 7) is -0.217. The van der Waals surface area contributed by atoms with Crippen LogP contribution in [-0.2, 0) is 14.3 Å². The van der Waals surface area contributed by atoms with Gasteiger partial charge >= 0.3 is 5.97 Å². The maximum atomic E-state index is 12.0. The van der Waals surface area contributed by atoms with Gasteiger partial charge in [0.2, 0.25) is 0 Å². The van der Waals surface area contributed by atoms with E-state index < -0.39 is 0 Å². The summed E-state index contributed by atoms with van der Waals surface area (Å²) in [6.07, 6.45) is 6.19. The Labute approximate surface area is 117 Å². The molecular formula is C16H17NO3. The number of hydrogen-bond donors (Lipinski definition) is 1. The van der Waals surface area contributed by atoms with Gasteiger partial charge in [0.1, 0.15) is 0 Å². The van der Waals surface area contributed by atoms with Gasteiger partial charge in [0, 0.05) is 5.69 Å². The first kappa shape index (κ1) is 12.9. The average Bonchev–Trinajstić information content (AvgIpc) is 3.08. The molecule has 0 saturated heterocycles. The van der Waals surface area contributed by atoms with Crippen LogP contribution in [0.5, 0.6) is 0 Å². The Morgan fingerprint density at radius 3 is 2.60 bits per heavy atom. The molecule has 2 aliphatic rings. The maximum absolute atomic E-state index is 12.0. The van der Waals surface area contributed by atoms with Crippen LogP contribution < -0.4 is 5.32 Å².